The maximum absolute atomic E-state index is 13.5. The number of amides is 2. The number of anilines is 2. The van der Waals surface area contributed by atoms with Gasteiger partial charge in [-0.2, -0.15) is 0 Å². The number of sulfone groups is 1. The van der Waals surface area contributed by atoms with E-state index in [1.807, 2.05) is 50.2 Å². The summed E-state index contributed by atoms with van der Waals surface area (Å²) < 4.78 is 38.1. The lowest BCUT2D eigenvalue weighted by Gasteiger charge is -2.29. The lowest BCUT2D eigenvalue weighted by molar-refractivity contribution is 0.122. The molecule has 0 unspecified atom stereocenters. The maximum Gasteiger partial charge on any atom is 0.319 e. The van der Waals surface area contributed by atoms with Crippen LogP contribution in [0.25, 0.3) is 11.1 Å². The van der Waals surface area contributed by atoms with Crippen LogP contribution in [-0.4, -0.2) is 54.4 Å². The monoisotopic (exact) mass is 523 g/mol. The van der Waals surface area contributed by atoms with Gasteiger partial charge >= 0.3 is 6.03 Å². The van der Waals surface area contributed by atoms with Crippen LogP contribution in [0.2, 0.25) is 0 Å². The molecular formula is C28H33N3O5S. The van der Waals surface area contributed by atoms with Gasteiger partial charge in [0.1, 0.15) is 5.75 Å². The number of hydrogen-bond donors (Lipinski definition) is 2. The molecule has 0 saturated carbocycles. The zero-order valence-electron chi connectivity index (χ0n) is 21.4. The summed E-state index contributed by atoms with van der Waals surface area (Å²) in [6, 6.07) is 18.1. The largest absolute Gasteiger partial charge is 0.495 e. The van der Waals surface area contributed by atoms with E-state index in [0.717, 1.165) is 27.9 Å². The second-order valence-electron chi connectivity index (χ2n) is 8.96. The first-order chi connectivity index (χ1) is 17.8. The van der Waals surface area contributed by atoms with E-state index in [1.165, 1.54) is 7.11 Å². The summed E-state index contributed by atoms with van der Waals surface area (Å²) >= 11 is 0. The topological polar surface area (TPSA) is 97.0 Å². The van der Waals surface area contributed by atoms with Gasteiger partial charge in [0.25, 0.3) is 0 Å². The van der Waals surface area contributed by atoms with Crippen LogP contribution in [0.1, 0.15) is 18.1 Å². The summed E-state index contributed by atoms with van der Waals surface area (Å²) in [7, 11) is -2.09. The third-order valence-electron chi connectivity index (χ3n) is 6.22. The molecule has 37 heavy (non-hydrogen) atoms. The van der Waals surface area contributed by atoms with E-state index < -0.39 is 9.84 Å². The van der Waals surface area contributed by atoms with Gasteiger partial charge in [0.15, 0.2) is 9.84 Å². The number of morpholine rings is 1. The molecule has 0 aliphatic carbocycles. The number of ether oxygens (including phenoxy) is 2. The van der Waals surface area contributed by atoms with Gasteiger partial charge in [0, 0.05) is 25.3 Å². The van der Waals surface area contributed by atoms with Crippen LogP contribution >= 0.6 is 0 Å². The zero-order valence-corrected chi connectivity index (χ0v) is 22.2. The lowest BCUT2D eigenvalue weighted by atomic mass is 10.0. The van der Waals surface area contributed by atoms with Gasteiger partial charge in [0.05, 0.1) is 36.7 Å². The predicted octanol–water partition coefficient (Wildman–Crippen LogP) is 4.62. The van der Waals surface area contributed by atoms with E-state index in [4.69, 9.17) is 9.47 Å². The first-order valence-corrected chi connectivity index (χ1v) is 13.9. The van der Waals surface area contributed by atoms with Gasteiger partial charge < -0.3 is 25.0 Å². The number of carbonyl (C=O) groups excluding carboxylic acids is 1. The molecule has 0 atom stereocenters. The zero-order chi connectivity index (χ0) is 26.4. The van der Waals surface area contributed by atoms with Crippen molar-refractivity contribution in [2.45, 2.75) is 24.5 Å². The van der Waals surface area contributed by atoms with Crippen molar-refractivity contribution in [3.05, 3.63) is 71.8 Å². The number of rotatable bonds is 8. The summed E-state index contributed by atoms with van der Waals surface area (Å²) in [6.45, 7) is 6.85. The molecule has 2 amide bonds. The molecule has 1 aliphatic heterocycles. The van der Waals surface area contributed by atoms with Gasteiger partial charge in [-0.05, 0) is 60.9 Å². The average molecular weight is 524 g/mol. The molecule has 8 nitrogen and oxygen atoms in total. The molecule has 1 saturated heterocycles. The molecule has 1 fully saturated rings. The molecule has 3 aromatic carbocycles. The summed E-state index contributed by atoms with van der Waals surface area (Å²) in [4.78, 5) is 14.4. The van der Waals surface area contributed by atoms with Crippen molar-refractivity contribution >= 4 is 27.2 Å². The molecule has 9 heteroatoms. The second-order valence-corrected chi connectivity index (χ2v) is 10.9. The van der Waals surface area contributed by atoms with Crippen molar-refractivity contribution in [2.75, 3.05) is 50.2 Å². The number of carbonyl (C=O) groups is 1. The smallest absolute Gasteiger partial charge is 0.319 e. The van der Waals surface area contributed by atoms with Gasteiger partial charge in [-0.3, -0.25) is 0 Å². The molecule has 1 heterocycles. The number of methoxy groups -OCH3 is 1. The summed E-state index contributed by atoms with van der Waals surface area (Å²) in [6.07, 6.45) is 0. The fraction of sp³-hybridized carbons (Fsp3) is 0.321. The van der Waals surface area contributed by atoms with E-state index >= 15 is 0 Å². The normalized spacial score (nSPS) is 13.8. The van der Waals surface area contributed by atoms with Gasteiger partial charge in [-0.15, -0.1) is 0 Å². The Kier molecular flexibility index (Phi) is 8.35. The Labute approximate surface area is 218 Å². The Hall–Kier alpha value is -3.56. The standard InChI is InChI=1S/C28H33N3O5S/c1-4-29-28(32)30-26-10-9-22(17-27(26)35-3)23-15-24(31-11-13-36-14-12-31)18-25(16-23)37(33,34)19-21-7-5-20(2)6-8-21/h5-10,15-18H,4,11-14,19H2,1-3H3,(H2,29,30,32). The quantitative estimate of drug-likeness (QED) is 0.447. The van der Waals surface area contributed by atoms with Gasteiger partial charge in [0.2, 0.25) is 0 Å². The van der Waals surface area contributed by atoms with Crippen LogP contribution in [0.4, 0.5) is 16.2 Å². The van der Waals surface area contributed by atoms with Crippen LogP contribution < -0.4 is 20.3 Å². The lowest BCUT2D eigenvalue weighted by Crippen LogP contribution is -2.36. The predicted molar refractivity (Wildman–Crippen MR) is 146 cm³/mol. The number of benzene rings is 3. The van der Waals surface area contributed by atoms with Crippen molar-refractivity contribution < 1.29 is 22.7 Å². The van der Waals surface area contributed by atoms with E-state index in [0.29, 0.717) is 44.3 Å². The SMILES string of the molecule is CCNC(=O)Nc1ccc(-c2cc(N3CCOCC3)cc(S(=O)(=O)Cc3ccc(C)cc3)c2)cc1OC. The number of aryl methyl sites for hydroxylation is 1. The van der Waals surface area contributed by atoms with Crippen molar-refractivity contribution in [3.8, 4) is 16.9 Å². The Balaban J connectivity index is 1.74. The summed E-state index contributed by atoms with van der Waals surface area (Å²) in [5.74, 6) is 0.391. The third-order valence-corrected chi connectivity index (χ3v) is 7.89. The Morgan fingerprint density at radius 1 is 1.00 bits per heavy atom. The first kappa shape index (κ1) is 26.5. The number of nitrogens with one attached hydrogen (secondary N) is 2. The highest BCUT2D eigenvalue weighted by Gasteiger charge is 2.21. The fourth-order valence-electron chi connectivity index (χ4n) is 4.22. The Morgan fingerprint density at radius 3 is 2.41 bits per heavy atom. The van der Waals surface area contributed by atoms with E-state index in [2.05, 4.69) is 15.5 Å². The van der Waals surface area contributed by atoms with Crippen molar-refractivity contribution in [1.29, 1.82) is 0 Å². The minimum atomic E-state index is -3.62. The Bertz CT molecular complexity index is 1350. The maximum atomic E-state index is 13.5. The molecule has 0 bridgehead atoms. The molecule has 0 spiro atoms. The molecule has 4 rings (SSSR count). The van der Waals surface area contributed by atoms with Crippen molar-refractivity contribution in [2.24, 2.45) is 0 Å². The van der Waals surface area contributed by atoms with E-state index in [9.17, 15) is 13.2 Å². The minimum absolute atomic E-state index is 0.0853. The highest BCUT2D eigenvalue weighted by molar-refractivity contribution is 7.90. The van der Waals surface area contributed by atoms with Crippen molar-refractivity contribution in [1.82, 2.24) is 5.32 Å². The number of hydrogen-bond acceptors (Lipinski definition) is 6. The molecule has 2 N–H and O–H groups in total. The van der Waals surface area contributed by atoms with Crippen LogP contribution in [0.5, 0.6) is 5.75 Å². The number of nitrogens with zero attached hydrogens (tertiary/aromatic N) is 1. The highest BCUT2D eigenvalue weighted by Crippen LogP contribution is 2.35. The Morgan fingerprint density at radius 2 is 1.73 bits per heavy atom. The molecule has 3 aromatic rings. The van der Waals surface area contributed by atoms with Crippen LogP contribution in [0.3, 0.4) is 0 Å². The summed E-state index contributed by atoms with van der Waals surface area (Å²) in [5.41, 5.74) is 4.69. The molecule has 1 aliphatic rings. The number of urea groups is 1. The minimum Gasteiger partial charge on any atom is -0.495 e. The first-order valence-electron chi connectivity index (χ1n) is 12.3. The molecule has 196 valence electrons. The van der Waals surface area contributed by atoms with Gasteiger partial charge in [-0.1, -0.05) is 35.9 Å². The van der Waals surface area contributed by atoms with Crippen molar-refractivity contribution in [3.63, 3.8) is 0 Å². The van der Waals surface area contributed by atoms with Crippen LogP contribution in [0, 0.1) is 6.92 Å². The fourth-order valence-corrected chi connectivity index (χ4v) is 5.63. The molecule has 0 radical (unpaired) electrons. The summed E-state index contributed by atoms with van der Waals surface area (Å²) in [5, 5.41) is 5.47. The second kappa shape index (κ2) is 11.7. The van der Waals surface area contributed by atoms with Crippen LogP contribution in [-0.2, 0) is 20.3 Å². The van der Waals surface area contributed by atoms with E-state index in [-0.39, 0.29) is 16.7 Å². The third kappa shape index (κ3) is 6.61. The highest BCUT2D eigenvalue weighted by atomic mass is 32.2. The average Bonchev–Trinajstić information content (AvgIpc) is 2.90. The van der Waals surface area contributed by atoms with Gasteiger partial charge in [-0.25, -0.2) is 13.2 Å². The van der Waals surface area contributed by atoms with E-state index in [1.54, 1.807) is 24.3 Å². The molecule has 0 aromatic heterocycles. The molecular weight excluding hydrogens is 490 g/mol. The van der Waals surface area contributed by atoms with Crippen LogP contribution in [0.15, 0.2) is 65.6 Å².